The Morgan fingerprint density at radius 3 is 2.48 bits per heavy atom. The highest BCUT2D eigenvalue weighted by Crippen LogP contribution is 2.14. The van der Waals surface area contributed by atoms with Gasteiger partial charge in [0, 0.05) is 11.4 Å². The van der Waals surface area contributed by atoms with Crippen LogP contribution < -0.4 is 21.8 Å². The van der Waals surface area contributed by atoms with Crippen LogP contribution in [-0.4, -0.2) is 18.2 Å². The zero-order chi connectivity index (χ0) is 16.7. The number of aryl methyl sites for hydroxylation is 1. The number of anilines is 2. The molecule has 0 heterocycles. The lowest BCUT2D eigenvalue weighted by atomic mass is 10.2. The van der Waals surface area contributed by atoms with Crippen LogP contribution in [0.3, 0.4) is 0 Å². The van der Waals surface area contributed by atoms with Crippen LogP contribution in [0.15, 0.2) is 53.6 Å². The number of nitrogens with one attached hydrogen (secondary N) is 4. The molecule has 0 aliphatic heterocycles. The first kappa shape index (κ1) is 16.0. The Labute approximate surface area is 134 Å². The number of benzene rings is 2. The predicted molar refractivity (Wildman–Crippen MR) is 92.9 cm³/mol. The van der Waals surface area contributed by atoms with Gasteiger partial charge in [0.2, 0.25) is 5.96 Å². The van der Waals surface area contributed by atoms with E-state index in [1.807, 2.05) is 31.2 Å². The standard InChI is InChI=1S/C16H18N6O/c1-11-4-2-3-5-14(11)21-16(23)20-13-8-6-12(7-9-13)10-19-22-15(17)18/h2-10H,1H3,(H4,17,18,22)(H2,20,21,23)/b19-10+. The largest absolute Gasteiger partial charge is 0.369 e. The molecule has 0 aliphatic rings. The second-order valence-corrected chi connectivity index (χ2v) is 4.80. The fourth-order valence-electron chi connectivity index (χ4n) is 1.83. The van der Waals surface area contributed by atoms with Gasteiger partial charge in [0.25, 0.3) is 0 Å². The van der Waals surface area contributed by atoms with Crippen LogP contribution >= 0.6 is 0 Å². The van der Waals surface area contributed by atoms with E-state index < -0.39 is 0 Å². The number of hydrazone groups is 1. The van der Waals surface area contributed by atoms with Crippen molar-refractivity contribution in [1.29, 1.82) is 5.41 Å². The van der Waals surface area contributed by atoms with E-state index in [0.717, 1.165) is 16.8 Å². The molecule has 0 aromatic heterocycles. The first-order valence-corrected chi connectivity index (χ1v) is 6.91. The second-order valence-electron chi connectivity index (χ2n) is 4.80. The van der Waals surface area contributed by atoms with Gasteiger partial charge in [-0.2, -0.15) is 5.10 Å². The van der Waals surface area contributed by atoms with Gasteiger partial charge in [0.1, 0.15) is 0 Å². The van der Waals surface area contributed by atoms with E-state index in [1.54, 1.807) is 24.3 Å². The number of carbonyl (C=O) groups excluding carboxylic acids is 1. The predicted octanol–water partition coefficient (Wildman–Crippen LogP) is 2.46. The molecule has 0 aliphatic carbocycles. The van der Waals surface area contributed by atoms with Crippen molar-refractivity contribution in [2.45, 2.75) is 6.92 Å². The van der Waals surface area contributed by atoms with Crippen molar-refractivity contribution in [2.24, 2.45) is 10.8 Å². The minimum atomic E-state index is -0.307. The fraction of sp³-hybridized carbons (Fsp3) is 0.0625. The number of carbonyl (C=O) groups is 1. The summed E-state index contributed by atoms with van der Waals surface area (Å²) in [6, 6.07) is 14.3. The minimum absolute atomic E-state index is 0.229. The van der Waals surface area contributed by atoms with Crippen LogP contribution in [0.4, 0.5) is 16.2 Å². The molecule has 0 fully saturated rings. The van der Waals surface area contributed by atoms with Crippen molar-refractivity contribution >= 4 is 29.6 Å². The monoisotopic (exact) mass is 310 g/mol. The first-order chi connectivity index (χ1) is 11.0. The molecule has 0 saturated carbocycles. The maximum Gasteiger partial charge on any atom is 0.323 e. The summed E-state index contributed by atoms with van der Waals surface area (Å²) < 4.78 is 0. The maximum absolute atomic E-state index is 12.0. The Bertz CT molecular complexity index is 724. The van der Waals surface area contributed by atoms with Crippen molar-refractivity contribution in [1.82, 2.24) is 5.43 Å². The molecule has 0 atom stereocenters. The molecule has 118 valence electrons. The van der Waals surface area contributed by atoms with E-state index in [2.05, 4.69) is 21.2 Å². The Balaban J connectivity index is 1.93. The van der Waals surface area contributed by atoms with E-state index in [-0.39, 0.29) is 12.0 Å². The summed E-state index contributed by atoms with van der Waals surface area (Å²) in [6.45, 7) is 1.93. The number of para-hydroxylation sites is 1. The van der Waals surface area contributed by atoms with Crippen molar-refractivity contribution in [2.75, 3.05) is 10.6 Å². The number of nitrogens with zero attached hydrogens (tertiary/aromatic N) is 1. The number of rotatable bonds is 4. The highest BCUT2D eigenvalue weighted by Gasteiger charge is 2.04. The molecule has 2 rings (SSSR count). The number of amides is 2. The zero-order valence-corrected chi connectivity index (χ0v) is 12.6. The molecule has 6 N–H and O–H groups in total. The van der Waals surface area contributed by atoms with Crippen LogP contribution in [0.25, 0.3) is 0 Å². The third kappa shape index (κ3) is 5.16. The van der Waals surface area contributed by atoms with E-state index in [9.17, 15) is 4.79 Å². The van der Waals surface area contributed by atoms with Crippen LogP contribution in [0.2, 0.25) is 0 Å². The van der Waals surface area contributed by atoms with Crippen molar-refractivity contribution in [3.8, 4) is 0 Å². The third-order valence-electron chi connectivity index (χ3n) is 2.96. The highest BCUT2D eigenvalue weighted by molar-refractivity contribution is 6.00. The lowest BCUT2D eigenvalue weighted by molar-refractivity contribution is 0.262. The molecule has 0 spiro atoms. The van der Waals surface area contributed by atoms with Gasteiger partial charge in [-0.05, 0) is 36.2 Å². The summed E-state index contributed by atoms with van der Waals surface area (Å²) in [5.74, 6) is -0.229. The zero-order valence-electron chi connectivity index (χ0n) is 12.6. The molecule has 0 unspecified atom stereocenters. The van der Waals surface area contributed by atoms with E-state index in [0.29, 0.717) is 5.69 Å². The molecule has 0 saturated heterocycles. The van der Waals surface area contributed by atoms with Gasteiger partial charge in [0.15, 0.2) is 0 Å². The van der Waals surface area contributed by atoms with Gasteiger partial charge in [-0.15, -0.1) is 0 Å². The second kappa shape index (κ2) is 7.60. The average molecular weight is 310 g/mol. The summed E-state index contributed by atoms with van der Waals surface area (Å²) in [7, 11) is 0. The van der Waals surface area contributed by atoms with E-state index in [4.69, 9.17) is 11.1 Å². The molecule has 23 heavy (non-hydrogen) atoms. The Morgan fingerprint density at radius 2 is 1.83 bits per heavy atom. The summed E-state index contributed by atoms with van der Waals surface area (Å²) >= 11 is 0. The first-order valence-electron chi connectivity index (χ1n) is 6.91. The molecule has 2 aromatic carbocycles. The third-order valence-corrected chi connectivity index (χ3v) is 2.96. The number of nitrogens with two attached hydrogens (primary N) is 1. The molecule has 7 heteroatoms. The molecule has 0 radical (unpaired) electrons. The quantitative estimate of drug-likeness (QED) is 0.339. The van der Waals surface area contributed by atoms with E-state index >= 15 is 0 Å². The van der Waals surface area contributed by atoms with Gasteiger partial charge in [0.05, 0.1) is 6.21 Å². The number of hydrogen-bond acceptors (Lipinski definition) is 3. The van der Waals surface area contributed by atoms with Crippen LogP contribution in [0, 0.1) is 12.3 Å². The summed E-state index contributed by atoms with van der Waals surface area (Å²) in [4.78, 5) is 12.0. The molecule has 7 nitrogen and oxygen atoms in total. The SMILES string of the molecule is Cc1ccccc1NC(=O)Nc1ccc(/C=N/NC(=N)N)cc1. The average Bonchev–Trinajstić information content (AvgIpc) is 2.51. The highest BCUT2D eigenvalue weighted by atomic mass is 16.2. The van der Waals surface area contributed by atoms with Crippen LogP contribution in [0.1, 0.15) is 11.1 Å². The van der Waals surface area contributed by atoms with Gasteiger partial charge < -0.3 is 16.4 Å². The summed E-state index contributed by atoms with van der Waals surface area (Å²) in [5.41, 5.74) is 10.7. The Morgan fingerprint density at radius 1 is 1.13 bits per heavy atom. The topological polar surface area (TPSA) is 115 Å². The number of urea groups is 1. The van der Waals surface area contributed by atoms with E-state index in [1.165, 1.54) is 6.21 Å². The van der Waals surface area contributed by atoms with Gasteiger partial charge in [-0.1, -0.05) is 30.3 Å². The molecule has 0 bridgehead atoms. The summed E-state index contributed by atoms with van der Waals surface area (Å²) in [5, 5.41) is 16.3. The number of hydrogen-bond donors (Lipinski definition) is 5. The molecule has 2 aromatic rings. The Hall–Kier alpha value is -3.35. The molecule has 2 amide bonds. The normalized spacial score (nSPS) is 10.3. The molecular weight excluding hydrogens is 292 g/mol. The van der Waals surface area contributed by atoms with Gasteiger partial charge in [-0.3, -0.25) is 5.41 Å². The Kier molecular flexibility index (Phi) is 5.30. The van der Waals surface area contributed by atoms with Gasteiger partial charge >= 0.3 is 6.03 Å². The van der Waals surface area contributed by atoms with Crippen molar-refractivity contribution < 1.29 is 4.79 Å². The smallest absolute Gasteiger partial charge is 0.323 e. The minimum Gasteiger partial charge on any atom is -0.369 e. The fourth-order valence-corrected chi connectivity index (χ4v) is 1.83. The van der Waals surface area contributed by atoms with Crippen LogP contribution in [-0.2, 0) is 0 Å². The lowest BCUT2D eigenvalue weighted by Gasteiger charge is -2.09. The van der Waals surface area contributed by atoms with Gasteiger partial charge in [-0.25, -0.2) is 10.2 Å². The van der Waals surface area contributed by atoms with Crippen molar-refractivity contribution in [3.63, 3.8) is 0 Å². The lowest BCUT2D eigenvalue weighted by Crippen LogP contribution is -2.25. The van der Waals surface area contributed by atoms with Crippen molar-refractivity contribution in [3.05, 3.63) is 59.7 Å². The summed E-state index contributed by atoms with van der Waals surface area (Å²) in [6.07, 6.45) is 1.53. The maximum atomic E-state index is 12.0. The number of guanidine groups is 1. The van der Waals surface area contributed by atoms with Crippen LogP contribution in [0.5, 0.6) is 0 Å². The molecular formula is C16H18N6O.